The fourth-order valence-electron chi connectivity index (χ4n) is 2.89. The second-order valence-electron chi connectivity index (χ2n) is 5.53. The van der Waals surface area contributed by atoms with Gasteiger partial charge in [-0.1, -0.05) is 35.2 Å². The average molecular weight is 366 g/mol. The van der Waals surface area contributed by atoms with E-state index < -0.39 is 11.7 Å². The second kappa shape index (κ2) is 6.60. The van der Waals surface area contributed by atoms with E-state index in [9.17, 15) is 9.18 Å². The van der Waals surface area contributed by atoms with Gasteiger partial charge >= 0.3 is 0 Å². The van der Waals surface area contributed by atoms with Crippen molar-refractivity contribution in [2.24, 2.45) is 0 Å². The standard InChI is InChI=1S/C16H17BrFN3O/c17-11-6-7-13(14(18)10-11)16(22)20-15-8-9-19-21(15)12-4-2-1-3-5-12/h6-10,12H,1-5H2,(H,20,22). The molecule has 4 nitrogen and oxygen atoms in total. The number of hydrogen-bond donors (Lipinski definition) is 1. The highest BCUT2D eigenvalue weighted by atomic mass is 79.9. The molecule has 0 atom stereocenters. The van der Waals surface area contributed by atoms with Crippen LogP contribution in [-0.4, -0.2) is 15.7 Å². The number of carbonyl (C=O) groups is 1. The minimum atomic E-state index is -0.546. The molecule has 0 saturated heterocycles. The molecule has 6 heteroatoms. The van der Waals surface area contributed by atoms with E-state index in [2.05, 4.69) is 26.3 Å². The second-order valence-corrected chi connectivity index (χ2v) is 6.45. The van der Waals surface area contributed by atoms with Gasteiger partial charge in [0.25, 0.3) is 5.91 Å². The lowest BCUT2D eigenvalue weighted by atomic mass is 9.96. The van der Waals surface area contributed by atoms with Gasteiger partial charge in [0.1, 0.15) is 11.6 Å². The third-order valence-electron chi connectivity index (χ3n) is 4.01. The highest BCUT2D eigenvalue weighted by Crippen LogP contribution is 2.30. The molecule has 0 unspecified atom stereocenters. The van der Waals surface area contributed by atoms with Crippen molar-refractivity contribution in [3.05, 3.63) is 46.3 Å². The lowest BCUT2D eigenvalue weighted by Gasteiger charge is -2.23. The summed E-state index contributed by atoms with van der Waals surface area (Å²) in [5.41, 5.74) is 0.0274. The lowest BCUT2D eigenvalue weighted by molar-refractivity contribution is 0.102. The van der Waals surface area contributed by atoms with Crippen molar-refractivity contribution in [1.82, 2.24) is 9.78 Å². The van der Waals surface area contributed by atoms with E-state index in [4.69, 9.17) is 0 Å². The topological polar surface area (TPSA) is 46.9 Å². The van der Waals surface area contributed by atoms with E-state index in [1.165, 1.54) is 31.4 Å². The lowest BCUT2D eigenvalue weighted by Crippen LogP contribution is -2.20. The summed E-state index contributed by atoms with van der Waals surface area (Å²) in [6, 6.07) is 6.47. The number of hydrogen-bond acceptors (Lipinski definition) is 2. The van der Waals surface area contributed by atoms with Gasteiger partial charge in [-0.25, -0.2) is 9.07 Å². The number of amides is 1. The summed E-state index contributed by atoms with van der Waals surface area (Å²) < 4.78 is 16.3. The van der Waals surface area contributed by atoms with Crippen molar-refractivity contribution >= 4 is 27.7 Å². The SMILES string of the molecule is O=C(Nc1ccnn1C1CCCCC1)c1ccc(Br)cc1F. The Morgan fingerprint density at radius 2 is 2.05 bits per heavy atom. The highest BCUT2D eigenvalue weighted by molar-refractivity contribution is 9.10. The van der Waals surface area contributed by atoms with Crippen LogP contribution in [0.2, 0.25) is 0 Å². The van der Waals surface area contributed by atoms with Gasteiger partial charge in [0, 0.05) is 10.5 Å². The summed E-state index contributed by atoms with van der Waals surface area (Å²) in [4.78, 5) is 12.3. The van der Waals surface area contributed by atoms with Gasteiger partial charge in [-0.2, -0.15) is 5.10 Å². The Hall–Kier alpha value is -1.69. The van der Waals surface area contributed by atoms with E-state index >= 15 is 0 Å². The smallest absolute Gasteiger partial charge is 0.259 e. The highest BCUT2D eigenvalue weighted by Gasteiger charge is 2.20. The number of anilines is 1. The number of benzene rings is 1. The summed E-state index contributed by atoms with van der Waals surface area (Å²) in [5.74, 6) is -0.377. The third-order valence-corrected chi connectivity index (χ3v) is 4.50. The number of carbonyl (C=O) groups excluding carboxylic acids is 1. The molecule has 1 heterocycles. The summed E-state index contributed by atoms with van der Waals surface area (Å²) in [6.07, 6.45) is 7.42. The Bertz CT molecular complexity index is 680. The molecule has 1 saturated carbocycles. The monoisotopic (exact) mass is 365 g/mol. The first kappa shape index (κ1) is 15.2. The molecule has 1 aromatic carbocycles. The summed E-state index contributed by atoms with van der Waals surface area (Å²) >= 11 is 3.18. The van der Waals surface area contributed by atoms with Gasteiger partial charge in [0.15, 0.2) is 0 Å². The van der Waals surface area contributed by atoms with Gasteiger partial charge in [-0.3, -0.25) is 4.79 Å². The molecule has 1 aliphatic carbocycles. The van der Waals surface area contributed by atoms with Crippen LogP contribution >= 0.6 is 15.9 Å². The van der Waals surface area contributed by atoms with Crippen LogP contribution in [0.15, 0.2) is 34.9 Å². The molecule has 1 aromatic heterocycles. The normalized spacial score (nSPS) is 15.7. The van der Waals surface area contributed by atoms with Crippen LogP contribution in [0.1, 0.15) is 48.5 Å². The van der Waals surface area contributed by atoms with Gasteiger partial charge < -0.3 is 5.32 Å². The predicted octanol–water partition coefficient (Wildman–Crippen LogP) is 4.54. The number of rotatable bonds is 3. The van der Waals surface area contributed by atoms with Crippen LogP contribution in [0.25, 0.3) is 0 Å². The maximum Gasteiger partial charge on any atom is 0.259 e. The van der Waals surface area contributed by atoms with Crippen LogP contribution in [0.4, 0.5) is 10.2 Å². The summed E-state index contributed by atoms with van der Waals surface area (Å²) in [5, 5.41) is 7.09. The fourth-order valence-corrected chi connectivity index (χ4v) is 3.22. The van der Waals surface area contributed by atoms with Gasteiger partial charge in [0.2, 0.25) is 0 Å². The molecule has 1 fully saturated rings. The molecule has 0 spiro atoms. The van der Waals surface area contributed by atoms with Crippen molar-refractivity contribution < 1.29 is 9.18 Å². The molecular formula is C16H17BrFN3O. The zero-order chi connectivity index (χ0) is 15.5. The van der Waals surface area contributed by atoms with Crippen LogP contribution in [0.5, 0.6) is 0 Å². The molecule has 0 radical (unpaired) electrons. The van der Waals surface area contributed by atoms with Gasteiger partial charge in [0.05, 0.1) is 17.8 Å². The quantitative estimate of drug-likeness (QED) is 0.867. The molecule has 3 rings (SSSR count). The maximum atomic E-state index is 13.9. The van der Waals surface area contributed by atoms with E-state index in [-0.39, 0.29) is 5.56 Å². The molecule has 22 heavy (non-hydrogen) atoms. The minimum Gasteiger partial charge on any atom is -0.307 e. The number of halogens is 2. The number of nitrogens with one attached hydrogen (secondary N) is 1. The largest absolute Gasteiger partial charge is 0.307 e. The van der Waals surface area contributed by atoms with Gasteiger partial charge in [-0.15, -0.1) is 0 Å². The van der Waals surface area contributed by atoms with E-state index in [0.29, 0.717) is 16.3 Å². The third kappa shape index (κ3) is 3.21. The first-order chi connectivity index (χ1) is 10.6. The molecule has 116 valence electrons. The molecule has 0 bridgehead atoms. The summed E-state index contributed by atoms with van der Waals surface area (Å²) in [6.45, 7) is 0. The first-order valence-electron chi connectivity index (χ1n) is 7.45. The fraction of sp³-hybridized carbons (Fsp3) is 0.375. The average Bonchev–Trinajstić information content (AvgIpc) is 2.96. The maximum absolute atomic E-state index is 13.9. The Balaban J connectivity index is 1.78. The van der Waals surface area contributed by atoms with Crippen molar-refractivity contribution in [1.29, 1.82) is 0 Å². The Labute approximate surface area is 136 Å². The first-order valence-corrected chi connectivity index (χ1v) is 8.24. The Morgan fingerprint density at radius 3 is 2.77 bits per heavy atom. The summed E-state index contributed by atoms with van der Waals surface area (Å²) in [7, 11) is 0. The van der Waals surface area contributed by atoms with Crippen molar-refractivity contribution in [2.45, 2.75) is 38.1 Å². The van der Waals surface area contributed by atoms with Crippen molar-refractivity contribution in [3.8, 4) is 0 Å². The van der Waals surface area contributed by atoms with Crippen LogP contribution < -0.4 is 5.32 Å². The Kier molecular flexibility index (Phi) is 4.57. The molecule has 1 amide bonds. The molecular weight excluding hydrogens is 349 g/mol. The number of nitrogens with zero attached hydrogens (tertiary/aromatic N) is 2. The molecule has 2 aromatic rings. The Morgan fingerprint density at radius 1 is 1.27 bits per heavy atom. The van der Waals surface area contributed by atoms with Gasteiger partial charge in [-0.05, 0) is 31.0 Å². The molecule has 0 aliphatic heterocycles. The predicted molar refractivity (Wildman–Crippen MR) is 86.4 cm³/mol. The van der Waals surface area contributed by atoms with E-state index in [0.717, 1.165) is 12.8 Å². The van der Waals surface area contributed by atoms with Crippen LogP contribution in [-0.2, 0) is 0 Å². The van der Waals surface area contributed by atoms with Crippen molar-refractivity contribution in [3.63, 3.8) is 0 Å². The van der Waals surface area contributed by atoms with Crippen molar-refractivity contribution in [2.75, 3.05) is 5.32 Å². The van der Waals surface area contributed by atoms with Crippen LogP contribution in [0, 0.1) is 5.82 Å². The van der Waals surface area contributed by atoms with E-state index in [1.54, 1.807) is 18.3 Å². The molecule has 1 N–H and O–H groups in total. The zero-order valence-corrected chi connectivity index (χ0v) is 13.6. The number of aromatic nitrogens is 2. The molecule has 1 aliphatic rings. The van der Waals surface area contributed by atoms with Crippen LogP contribution in [0.3, 0.4) is 0 Å². The minimum absolute atomic E-state index is 0.0274. The zero-order valence-electron chi connectivity index (χ0n) is 12.1. The van der Waals surface area contributed by atoms with E-state index in [1.807, 2.05) is 4.68 Å².